The number of aryl methyl sites for hydroxylation is 1. The molecule has 17 heavy (non-hydrogen) atoms. The van der Waals surface area contributed by atoms with Crippen LogP contribution in [-0.4, -0.2) is 9.91 Å². The number of nitro groups is 1. The van der Waals surface area contributed by atoms with Crippen LogP contribution in [0.4, 0.5) is 5.69 Å². The van der Waals surface area contributed by atoms with E-state index in [0.717, 1.165) is 11.1 Å². The molecule has 0 N–H and O–H groups in total. The van der Waals surface area contributed by atoms with E-state index in [2.05, 4.69) is 4.98 Å². The van der Waals surface area contributed by atoms with Crippen LogP contribution in [0.3, 0.4) is 0 Å². The van der Waals surface area contributed by atoms with E-state index in [9.17, 15) is 10.1 Å². The molecule has 0 spiro atoms. The predicted molar refractivity (Wildman–Crippen MR) is 70.9 cm³/mol. The van der Waals surface area contributed by atoms with E-state index >= 15 is 0 Å². The Kier molecular flexibility index (Phi) is 6.10. The summed E-state index contributed by atoms with van der Waals surface area (Å²) < 4.78 is 0. The molecule has 4 nitrogen and oxygen atoms in total. The van der Waals surface area contributed by atoms with Gasteiger partial charge in [-0.15, -0.1) is 0 Å². The lowest BCUT2D eigenvalue weighted by Crippen LogP contribution is -1.99. The average molecular weight is 236 g/mol. The molecule has 0 fully saturated rings. The van der Waals surface area contributed by atoms with Crippen LogP contribution in [0.5, 0.6) is 0 Å². The van der Waals surface area contributed by atoms with Crippen molar-refractivity contribution in [2.45, 2.75) is 41.5 Å². The fourth-order valence-electron chi connectivity index (χ4n) is 1.42. The Morgan fingerprint density at radius 2 is 1.82 bits per heavy atom. The van der Waals surface area contributed by atoms with Gasteiger partial charge >= 0.3 is 0 Å². The normalized spacial score (nSPS) is 9.06. The Hall–Kier alpha value is -1.71. The molecular weight excluding hydrogens is 216 g/mol. The molecule has 4 heteroatoms. The summed E-state index contributed by atoms with van der Waals surface area (Å²) in [7, 11) is 0. The van der Waals surface area contributed by atoms with Gasteiger partial charge < -0.3 is 0 Å². The third-order valence-electron chi connectivity index (χ3n) is 2.44. The summed E-state index contributed by atoms with van der Waals surface area (Å²) in [6.07, 6.45) is 1.47. The van der Waals surface area contributed by atoms with Crippen molar-refractivity contribution in [2.75, 3.05) is 0 Å². The Morgan fingerprint density at radius 1 is 1.29 bits per heavy atom. The first-order valence-corrected chi connectivity index (χ1v) is 5.69. The highest BCUT2D eigenvalue weighted by atomic mass is 16.6. The molecule has 1 rings (SSSR count). The van der Waals surface area contributed by atoms with Gasteiger partial charge in [0.25, 0.3) is 5.69 Å². The molecule has 0 aromatic carbocycles. The van der Waals surface area contributed by atoms with Crippen molar-refractivity contribution >= 4 is 11.3 Å². The molecule has 1 heterocycles. The minimum Gasteiger partial charge on any atom is -0.260 e. The Morgan fingerprint density at radius 3 is 2.24 bits per heavy atom. The molecule has 0 saturated heterocycles. The van der Waals surface area contributed by atoms with E-state index < -0.39 is 0 Å². The summed E-state index contributed by atoms with van der Waals surface area (Å²) in [4.78, 5) is 14.6. The maximum atomic E-state index is 10.9. The fraction of sp³-hybridized carbons (Fsp3) is 0.462. The quantitative estimate of drug-likeness (QED) is 0.572. The first-order valence-electron chi connectivity index (χ1n) is 5.69. The first kappa shape index (κ1) is 15.3. The molecule has 0 unspecified atom stereocenters. The second kappa shape index (κ2) is 6.78. The fourth-order valence-corrected chi connectivity index (χ4v) is 1.42. The van der Waals surface area contributed by atoms with Gasteiger partial charge in [0, 0.05) is 12.3 Å². The van der Waals surface area contributed by atoms with E-state index in [4.69, 9.17) is 0 Å². The number of nitrogens with zero attached hydrogens (tertiary/aromatic N) is 2. The second-order valence-electron chi connectivity index (χ2n) is 3.67. The monoisotopic (exact) mass is 236 g/mol. The Balaban J connectivity index is 0.00000121. The SMILES string of the molecule is CC.CC(C)=C(C)c1c([N+](=O)[O-])ccnc1C. The molecule has 0 bridgehead atoms. The van der Waals surface area contributed by atoms with Gasteiger partial charge in [0.15, 0.2) is 0 Å². The lowest BCUT2D eigenvalue weighted by molar-refractivity contribution is -0.385. The lowest BCUT2D eigenvalue weighted by atomic mass is 10.0. The number of allylic oxidation sites excluding steroid dienone is 2. The summed E-state index contributed by atoms with van der Waals surface area (Å²) in [6, 6.07) is 1.44. The minimum atomic E-state index is -0.365. The molecule has 1 aromatic rings. The van der Waals surface area contributed by atoms with Gasteiger partial charge in [-0.05, 0) is 33.3 Å². The maximum Gasteiger partial charge on any atom is 0.280 e. The van der Waals surface area contributed by atoms with Crippen molar-refractivity contribution < 1.29 is 4.92 Å². The maximum absolute atomic E-state index is 10.9. The zero-order chi connectivity index (χ0) is 13.6. The van der Waals surface area contributed by atoms with E-state index in [1.54, 1.807) is 6.92 Å². The molecule has 0 amide bonds. The highest BCUT2D eigenvalue weighted by Gasteiger charge is 2.18. The van der Waals surface area contributed by atoms with Crippen LogP contribution in [-0.2, 0) is 0 Å². The summed E-state index contributed by atoms with van der Waals surface area (Å²) in [5, 5.41) is 10.9. The molecule has 0 radical (unpaired) electrons. The van der Waals surface area contributed by atoms with E-state index in [1.807, 2.05) is 34.6 Å². The molecule has 0 aliphatic heterocycles. The second-order valence-corrected chi connectivity index (χ2v) is 3.67. The molecule has 94 valence electrons. The van der Waals surface area contributed by atoms with Crippen LogP contribution in [0.1, 0.15) is 45.9 Å². The molecule has 0 aliphatic rings. The van der Waals surface area contributed by atoms with Gasteiger partial charge in [0.1, 0.15) is 0 Å². The van der Waals surface area contributed by atoms with Gasteiger partial charge in [0.2, 0.25) is 0 Å². The Labute approximate surface area is 103 Å². The van der Waals surface area contributed by atoms with Gasteiger partial charge in [-0.1, -0.05) is 19.4 Å². The first-order chi connectivity index (χ1) is 7.95. The van der Waals surface area contributed by atoms with Crippen LogP contribution >= 0.6 is 0 Å². The molecule has 0 saturated carbocycles. The van der Waals surface area contributed by atoms with Crippen molar-refractivity contribution in [3.63, 3.8) is 0 Å². The van der Waals surface area contributed by atoms with E-state index in [-0.39, 0.29) is 10.6 Å². The summed E-state index contributed by atoms with van der Waals surface area (Å²) >= 11 is 0. The number of aromatic nitrogens is 1. The van der Waals surface area contributed by atoms with Crippen molar-refractivity contribution in [1.29, 1.82) is 0 Å². The van der Waals surface area contributed by atoms with Crippen LogP contribution in [0.25, 0.3) is 5.57 Å². The number of hydrogen-bond donors (Lipinski definition) is 0. The third-order valence-corrected chi connectivity index (χ3v) is 2.44. The van der Waals surface area contributed by atoms with Crippen molar-refractivity contribution in [3.05, 3.63) is 39.2 Å². The topological polar surface area (TPSA) is 56.0 Å². The zero-order valence-electron chi connectivity index (χ0n) is 11.4. The predicted octanol–water partition coefficient (Wildman–Crippen LogP) is 4.14. The Bertz CT molecular complexity index is 433. The average Bonchev–Trinajstić information content (AvgIpc) is 2.30. The number of rotatable bonds is 2. The third kappa shape index (κ3) is 3.66. The standard InChI is InChI=1S/C11H14N2O2.C2H6/c1-7(2)8(3)11-9(4)12-6-5-10(11)13(14)15;1-2/h5-6H,1-4H3;1-2H3. The summed E-state index contributed by atoms with van der Waals surface area (Å²) in [5.41, 5.74) is 3.45. The van der Waals surface area contributed by atoms with Crippen LogP contribution < -0.4 is 0 Å². The smallest absolute Gasteiger partial charge is 0.260 e. The number of pyridine rings is 1. The van der Waals surface area contributed by atoms with Crippen LogP contribution in [0.15, 0.2) is 17.8 Å². The highest BCUT2D eigenvalue weighted by molar-refractivity contribution is 5.74. The molecule has 0 aliphatic carbocycles. The van der Waals surface area contributed by atoms with Crippen LogP contribution in [0, 0.1) is 17.0 Å². The summed E-state index contributed by atoms with van der Waals surface area (Å²) in [5.74, 6) is 0. The van der Waals surface area contributed by atoms with Crippen LogP contribution in [0.2, 0.25) is 0 Å². The molecule has 0 atom stereocenters. The van der Waals surface area contributed by atoms with Gasteiger partial charge in [0.05, 0.1) is 16.2 Å². The highest BCUT2D eigenvalue weighted by Crippen LogP contribution is 2.29. The lowest BCUT2D eigenvalue weighted by Gasteiger charge is -2.07. The van der Waals surface area contributed by atoms with Crippen molar-refractivity contribution in [2.24, 2.45) is 0 Å². The van der Waals surface area contributed by atoms with Gasteiger partial charge in [-0.3, -0.25) is 15.1 Å². The largest absolute Gasteiger partial charge is 0.280 e. The van der Waals surface area contributed by atoms with Crippen molar-refractivity contribution in [3.8, 4) is 0 Å². The number of hydrogen-bond acceptors (Lipinski definition) is 3. The van der Waals surface area contributed by atoms with E-state index in [1.165, 1.54) is 12.3 Å². The van der Waals surface area contributed by atoms with Gasteiger partial charge in [-0.2, -0.15) is 0 Å². The van der Waals surface area contributed by atoms with Gasteiger partial charge in [-0.25, -0.2) is 0 Å². The zero-order valence-corrected chi connectivity index (χ0v) is 11.4. The molecule has 1 aromatic heterocycles. The minimum absolute atomic E-state index is 0.126. The summed E-state index contributed by atoms with van der Waals surface area (Å²) in [6.45, 7) is 11.5. The van der Waals surface area contributed by atoms with E-state index in [0.29, 0.717) is 11.3 Å². The molecular formula is C13H20N2O2. The van der Waals surface area contributed by atoms with Crippen molar-refractivity contribution in [1.82, 2.24) is 4.98 Å².